The molecule has 1 aliphatic heterocycles. The first-order valence-corrected chi connectivity index (χ1v) is 13.6. The fraction of sp³-hybridized carbons (Fsp3) is 0.367. The first-order valence-electron chi connectivity index (χ1n) is 13.6. The number of piperidine rings is 1. The van der Waals surface area contributed by atoms with Gasteiger partial charge in [0, 0.05) is 37.4 Å². The number of carbonyl (C=O) groups excluding carboxylic acids is 1. The van der Waals surface area contributed by atoms with Crippen LogP contribution < -0.4 is 15.8 Å². The molecular weight excluding hydrogens is 476 g/mol. The predicted molar refractivity (Wildman–Crippen MR) is 149 cm³/mol. The van der Waals surface area contributed by atoms with E-state index >= 15 is 0 Å². The van der Waals surface area contributed by atoms with Gasteiger partial charge in [0.05, 0.1) is 5.39 Å². The summed E-state index contributed by atoms with van der Waals surface area (Å²) >= 11 is 0. The summed E-state index contributed by atoms with van der Waals surface area (Å²) in [5, 5.41) is 4.02. The molecule has 8 nitrogen and oxygen atoms in total. The largest absolute Gasteiger partial charge is 0.489 e. The lowest BCUT2D eigenvalue weighted by Crippen LogP contribution is -2.45. The van der Waals surface area contributed by atoms with Gasteiger partial charge in [0.2, 0.25) is 0 Å². The molecule has 2 aliphatic rings. The first-order chi connectivity index (χ1) is 18.7. The molecule has 0 spiro atoms. The maximum absolute atomic E-state index is 12.5. The minimum Gasteiger partial charge on any atom is -0.489 e. The number of aromatic nitrogens is 3. The number of nitrogens with one attached hydrogen (secondary N) is 1. The zero-order valence-corrected chi connectivity index (χ0v) is 21.6. The van der Waals surface area contributed by atoms with Gasteiger partial charge in [0.15, 0.2) is 0 Å². The summed E-state index contributed by atoms with van der Waals surface area (Å²) < 4.78 is 8.32. The Labute approximate surface area is 222 Å². The maximum atomic E-state index is 12.5. The van der Waals surface area contributed by atoms with Crippen molar-refractivity contribution in [3.63, 3.8) is 0 Å². The van der Waals surface area contributed by atoms with E-state index in [9.17, 15) is 4.79 Å². The van der Waals surface area contributed by atoms with Crippen LogP contribution in [0.2, 0.25) is 0 Å². The summed E-state index contributed by atoms with van der Waals surface area (Å²) in [5.41, 5.74) is 10.4. The smallest absolute Gasteiger partial charge is 0.317 e. The van der Waals surface area contributed by atoms with Crippen LogP contribution in [0.15, 0.2) is 67.1 Å². The SMILES string of the molecule is Nc1ncnc2c1c(-c1cccc(OCc3ccccc3)c1)cn2C1CC(CNC(=O)N2CCCCC2)C1. The Morgan fingerprint density at radius 1 is 1.03 bits per heavy atom. The summed E-state index contributed by atoms with van der Waals surface area (Å²) in [6.07, 6.45) is 9.11. The third kappa shape index (κ3) is 5.03. The number of rotatable bonds is 7. The van der Waals surface area contributed by atoms with Crippen molar-refractivity contribution in [3.05, 3.63) is 72.7 Å². The predicted octanol–water partition coefficient (Wildman–Crippen LogP) is 5.41. The van der Waals surface area contributed by atoms with Gasteiger partial charge in [-0.05, 0) is 61.3 Å². The van der Waals surface area contributed by atoms with Gasteiger partial charge >= 0.3 is 6.03 Å². The highest BCUT2D eigenvalue weighted by Gasteiger charge is 2.33. The lowest BCUT2D eigenvalue weighted by molar-refractivity contribution is 0.168. The number of carbonyl (C=O) groups is 1. The van der Waals surface area contributed by atoms with Crippen LogP contribution in [-0.4, -0.2) is 45.1 Å². The number of ether oxygens (including phenoxy) is 1. The number of hydrogen-bond donors (Lipinski definition) is 2. The van der Waals surface area contributed by atoms with E-state index in [2.05, 4.69) is 44.2 Å². The Bertz CT molecular complexity index is 1410. The van der Waals surface area contributed by atoms with E-state index in [0.717, 1.165) is 78.8 Å². The van der Waals surface area contributed by atoms with Gasteiger partial charge in [0.25, 0.3) is 0 Å². The van der Waals surface area contributed by atoms with E-state index in [-0.39, 0.29) is 6.03 Å². The minimum atomic E-state index is 0.0803. The summed E-state index contributed by atoms with van der Waals surface area (Å²) in [7, 11) is 0. The molecule has 1 aliphatic carbocycles. The molecule has 1 saturated carbocycles. The Hall–Kier alpha value is -4.07. The van der Waals surface area contributed by atoms with Crippen molar-refractivity contribution in [2.75, 3.05) is 25.4 Å². The number of nitrogen functional groups attached to an aromatic ring is 1. The van der Waals surface area contributed by atoms with Crippen LogP contribution in [0.4, 0.5) is 10.6 Å². The molecule has 4 aromatic rings. The topological polar surface area (TPSA) is 98.3 Å². The highest BCUT2D eigenvalue weighted by Crippen LogP contribution is 2.43. The van der Waals surface area contributed by atoms with Crippen molar-refractivity contribution in [2.24, 2.45) is 5.92 Å². The van der Waals surface area contributed by atoms with Gasteiger partial charge < -0.3 is 25.3 Å². The van der Waals surface area contributed by atoms with Gasteiger partial charge in [-0.3, -0.25) is 0 Å². The Morgan fingerprint density at radius 2 is 1.84 bits per heavy atom. The second-order valence-electron chi connectivity index (χ2n) is 10.4. The van der Waals surface area contributed by atoms with Gasteiger partial charge in [-0.2, -0.15) is 0 Å². The Kier molecular flexibility index (Phi) is 6.86. The van der Waals surface area contributed by atoms with Crippen LogP contribution >= 0.6 is 0 Å². The number of nitrogens with two attached hydrogens (primary N) is 1. The van der Waals surface area contributed by atoms with Gasteiger partial charge in [-0.15, -0.1) is 0 Å². The Morgan fingerprint density at radius 3 is 2.66 bits per heavy atom. The van der Waals surface area contributed by atoms with Gasteiger partial charge in [-0.1, -0.05) is 42.5 Å². The average molecular weight is 511 g/mol. The van der Waals surface area contributed by atoms with E-state index < -0.39 is 0 Å². The zero-order chi connectivity index (χ0) is 25.9. The number of nitrogens with zero attached hydrogens (tertiary/aromatic N) is 4. The van der Waals surface area contributed by atoms with E-state index in [4.69, 9.17) is 10.5 Å². The number of likely N-dealkylation sites (tertiary alicyclic amines) is 1. The normalized spacial score (nSPS) is 19.2. The maximum Gasteiger partial charge on any atom is 0.317 e. The van der Waals surface area contributed by atoms with Crippen molar-refractivity contribution < 1.29 is 9.53 Å². The number of hydrogen-bond acceptors (Lipinski definition) is 5. The Balaban J connectivity index is 1.16. The van der Waals surface area contributed by atoms with E-state index in [1.54, 1.807) is 0 Å². The monoisotopic (exact) mass is 510 g/mol. The molecule has 0 bridgehead atoms. The molecule has 6 rings (SSSR count). The fourth-order valence-corrected chi connectivity index (χ4v) is 5.63. The van der Waals surface area contributed by atoms with Crippen molar-refractivity contribution in [2.45, 2.75) is 44.8 Å². The first kappa shape index (κ1) is 24.3. The van der Waals surface area contributed by atoms with Crippen LogP contribution in [0, 0.1) is 5.92 Å². The van der Waals surface area contributed by atoms with Crippen LogP contribution in [0.25, 0.3) is 22.2 Å². The number of benzene rings is 2. The molecule has 0 radical (unpaired) electrons. The van der Waals surface area contributed by atoms with Gasteiger partial charge in [-0.25, -0.2) is 14.8 Å². The van der Waals surface area contributed by atoms with Crippen molar-refractivity contribution in [3.8, 4) is 16.9 Å². The molecule has 2 amide bonds. The molecule has 196 valence electrons. The summed E-state index contributed by atoms with van der Waals surface area (Å²) in [6, 6.07) is 18.6. The van der Waals surface area contributed by atoms with Crippen LogP contribution in [0.3, 0.4) is 0 Å². The molecule has 2 aromatic heterocycles. The molecular formula is C30H34N6O2. The molecule has 2 fully saturated rings. The number of fused-ring (bicyclic) bond motifs is 1. The molecule has 8 heteroatoms. The van der Waals surface area contributed by atoms with Gasteiger partial charge in [0.1, 0.15) is 30.1 Å². The molecule has 0 atom stereocenters. The van der Waals surface area contributed by atoms with E-state index in [1.165, 1.54) is 12.7 Å². The lowest BCUT2D eigenvalue weighted by atomic mass is 9.80. The second-order valence-corrected chi connectivity index (χ2v) is 10.4. The van der Waals surface area contributed by atoms with Crippen molar-refractivity contribution in [1.82, 2.24) is 24.8 Å². The number of anilines is 1. The third-order valence-corrected chi connectivity index (χ3v) is 7.82. The highest BCUT2D eigenvalue weighted by molar-refractivity contribution is 6.00. The highest BCUT2D eigenvalue weighted by atomic mass is 16.5. The van der Waals surface area contributed by atoms with Crippen LogP contribution in [-0.2, 0) is 6.61 Å². The number of urea groups is 1. The lowest BCUT2D eigenvalue weighted by Gasteiger charge is -2.37. The molecule has 38 heavy (non-hydrogen) atoms. The molecule has 3 heterocycles. The zero-order valence-electron chi connectivity index (χ0n) is 21.6. The fourth-order valence-electron chi connectivity index (χ4n) is 5.63. The second kappa shape index (κ2) is 10.7. The molecule has 0 unspecified atom stereocenters. The van der Waals surface area contributed by atoms with Crippen LogP contribution in [0.1, 0.15) is 43.7 Å². The number of amides is 2. The summed E-state index contributed by atoms with van der Waals surface area (Å²) in [4.78, 5) is 23.3. The average Bonchev–Trinajstić information content (AvgIpc) is 3.33. The van der Waals surface area contributed by atoms with E-state index in [1.807, 2.05) is 41.3 Å². The van der Waals surface area contributed by atoms with Crippen LogP contribution in [0.5, 0.6) is 5.75 Å². The van der Waals surface area contributed by atoms with Crippen molar-refractivity contribution in [1.29, 1.82) is 0 Å². The summed E-state index contributed by atoms with van der Waals surface area (Å²) in [6.45, 7) is 2.97. The molecule has 2 aromatic carbocycles. The third-order valence-electron chi connectivity index (χ3n) is 7.82. The quantitative estimate of drug-likeness (QED) is 0.347. The molecule has 1 saturated heterocycles. The van der Waals surface area contributed by atoms with E-state index in [0.29, 0.717) is 24.4 Å². The van der Waals surface area contributed by atoms with Crippen molar-refractivity contribution >= 4 is 22.9 Å². The minimum absolute atomic E-state index is 0.0803. The summed E-state index contributed by atoms with van der Waals surface area (Å²) in [5.74, 6) is 1.74. The molecule has 3 N–H and O–H groups in total. The standard InChI is InChI=1S/C30H34N6O2/c31-28-27-26(23-10-7-11-25(16-23)38-19-21-8-3-1-4-9-21)18-36(29(27)34-20-33-28)24-14-22(15-24)17-32-30(37)35-12-5-2-6-13-35/h1,3-4,7-11,16,18,20,22,24H,2,5-6,12-15,17,19H2,(H,32,37)(H2,31,33,34).